The molecule has 0 bridgehead atoms. The van der Waals surface area contributed by atoms with Crippen molar-refractivity contribution in [3.05, 3.63) is 48.3 Å². The van der Waals surface area contributed by atoms with Gasteiger partial charge in [0.15, 0.2) is 6.10 Å². The minimum atomic E-state index is -0.550. The average molecular weight is 269 g/mol. The van der Waals surface area contributed by atoms with Crippen LogP contribution in [0.1, 0.15) is 5.69 Å². The van der Waals surface area contributed by atoms with Crippen LogP contribution in [0.25, 0.3) is 0 Å². The van der Waals surface area contributed by atoms with Crippen molar-refractivity contribution in [3.63, 3.8) is 0 Å². The summed E-state index contributed by atoms with van der Waals surface area (Å²) in [6, 6.07) is 11.2. The first-order valence-electron chi connectivity index (χ1n) is 6.45. The molecule has 1 atom stereocenters. The number of carbonyl (C=O) groups excluding carboxylic acids is 1. The van der Waals surface area contributed by atoms with Crippen molar-refractivity contribution >= 4 is 17.3 Å². The number of ether oxygens (including phenoxy) is 1. The van der Waals surface area contributed by atoms with Crippen LogP contribution in [0.5, 0.6) is 5.75 Å². The van der Waals surface area contributed by atoms with Crippen LogP contribution >= 0.6 is 0 Å². The molecular weight excluding hydrogens is 254 g/mol. The number of pyridine rings is 1. The van der Waals surface area contributed by atoms with Crippen molar-refractivity contribution in [1.29, 1.82) is 0 Å². The van der Waals surface area contributed by atoms with E-state index in [2.05, 4.69) is 15.6 Å². The Hall–Kier alpha value is -2.56. The van der Waals surface area contributed by atoms with Crippen molar-refractivity contribution < 1.29 is 9.53 Å². The van der Waals surface area contributed by atoms with E-state index >= 15 is 0 Å². The number of fused-ring (bicyclic) bond motifs is 1. The van der Waals surface area contributed by atoms with E-state index in [4.69, 9.17) is 4.74 Å². The maximum atomic E-state index is 12.2. The summed E-state index contributed by atoms with van der Waals surface area (Å²) < 4.78 is 5.69. The van der Waals surface area contributed by atoms with Gasteiger partial charge in [-0.05, 0) is 31.2 Å². The van der Waals surface area contributed by atoms with E-state index in [0.717, 1.165) is 11.4 Å². The van der Waals surface area contributed by atoms with Gasteiger partial charge in [-0.3, -0.25) is 9.78 Å². The average Bonchev–Trinajstić information content (AvgIpc) is 2.49. The van der Waals surface area contributed by atoms with Gasteiger partial charge in [-0.1, -0.05) is 12.1 Å². The number of benzene rings is 1. The molecule has 2 N–H and O–H groups in total. The van der Waals surface area contributed by atoms with E-state index in [1.54, 1.807) is 6.20 Å². The summed E-state index contributed by atoms with van der Waals surface area (Å²) in [4.78, 5) is 16.3. The highest BCUT2D eigenvalue weighted by Crippen LogP contribution is 2.28. The largest absolute Gasteiger partial charge is 0.477 e. The highest BCUT2D eigenvalue weighted by Gasteiger charge is 2.25. The minimum absolute atomic E-state index is 0.183. The Morgan fingerprint density at radius 3 is 3.00 bits per heavy atom. The van der Waals surface area contributed by atoms with Crippen LogP contribution in [0, 0.1) is 6.92 Å². The quantitative estimate of drug-likeness (QED) is 0.877. The van der Waals surface area contributed by atoms with Crippen LogP contribution in [-0.4, -0.2) is 23.5 Å². The van der Waals surface area contributed by atoms with Gasteiger partial charge in [-0.2, -0.15) is 0 Å². The smallest absolute Gasteiger partial charge is 0.267 e. The molecule has 2 aromatic rings. The van der Waals surface area contributed by atoms with Crippen LogP contribution in [0.2, 0.25) is 0 Å². The molecule has 1 aliphatic rings. The molecule has 1 amide bonds. The summed E-state index contributed by atoms with van der Waals surface area (Å²) in [5.74, 6) is 0.513. The molecule has 1 aromatic carbocycles. The van der Waals surface area contributed by atoms with Crippen molar-refractivity contribution in [2.75, 3.05) is 17.2 Å². The highest BCUT2D eigenvalue weighted by molar-refractivity contribution is 5.95. The molecule has 102 valence electrons. The maximum Gasteiger partial charge on any atom is 0.267 e. The molecule has 20 heavy (non-hydrogen) atoms. The molecule has 1 aromatic heterocycles. The van der Waals surface area contributed by atoms with Crippen molar-refractivity contribution in [3.8, 4) is 5.75 Å². The Morgan fingerprint density at radius 2 is 2.20 bits per heavy atom. The monoisotopic (exact) mass is 269 g/mol. The van der Waals surface area contributed by atoms with Gasteiger partial charge < -0.3 is 15.4 Å². The van der Waals surface area contributed by atoms with Gasteiger partial charge in [0.25, 0.3) is 5.91 Å². The maximum absolute atomic E-state index is 12.2. The second-order valence-corrected chi connectivity index (χ2v) is 4.66. The van der Waals surface area contributed by atoms with Crippen LogP contribution < -0.4 is 15.4 Å². The first-order valence-corrected chi connectivity index (χ1v) is 6.45. The van der Waals surface area contributed by atoms with E-state index in [1.165, 1.54) is 0 Å². The zero-order chi connectivity index (χ0) is 13.9. The summed E-state index contributed by atoms with van der Waals surface area (Å²) in [5, 5.41) is 5.99. The first-order chi connectivity index (χ1) is 9.72. The molecule has 0 fully saturated rings. The lowest BCUT2D eigenvalue weighted by Gasteiger charge is -2.26. The molecule has 0 saturated heterocycles. The topological polar surface area (TPSA) is 63.2 Å². The molecule has 1 aliphatic heterocycles. The van der Waals surface area contributed by atoms with E-state index in [1.807, 2.05) is 43.3 Å². The van der Waals surface area contributed by atoms with E-state index in [0.29, 0.717) is 18.0 Å². The number of hydrogen-bond donors (Lipinski definition) is 2. The number of anilines is 2. The molecule has 5 heteroatoms. The van der Waals surface area contributed by atoms with Crippen LogP contribution in [0.4, 0.5) is 11.4 Å². The summed E-state index contributed by atoms with van der Waals surface area (Å²) >= 11 is 0. The van der Waals surface area contributed by atoms with Crippen molar-refractivity contribution in [2.45, 2.75) is 13.0 Å². The second-order valence-electron chi connectivity index (χ2n) is 4.66. The number of nitrogens with one attached hydrogen (secondary N) is 2. The predicted molar refractivity (Wildman–Crippen MR) is 77.0 cm³/mol. The third kappa shape index (κ3) is 2.56. The van der Waals surface area contributed by atoms with Gasteiger partial charge in [0.1, 0.15) is 5.75 Å². The lowest BCUT2D eigenvalue weighted by molar-refractivity contribution is -0.122. The van der Waals surface area contributed by atoms with Crippen LogP contribution in [0.3, 0.4) is 0 Å². The molecule has 5 nitrogen and oxygen atoms in total. The number of aryl methyl sites for hydroxylation is 1. The summed E-state index contributed by atoms with van der Waals surface area (Å²) in [6.45, 7) is 2.35. The van der Waals surface area contributed by atoms with Gasteiger partial charge in [-0.15, -0.1) is 0 Å². The third-order valence-electron chi connectivity index (χ3n) is 3.11. The fraction of sp³-hybridized carbons (Fsp3) is 0.200. The summed E-state index contributed by atoms with van der Waals surface area (Å²) in [6.07, 6.45) is 1.09. The number of aromatic nitrogens is 1. The normalized spacial score (nSPS) is 16.6. The Labute approximate surface area is 117 Å². The number of amides is 1. The van der Waals surface area contributed by atoms with E-state index in [-0.39, 0.29) is 5.91 Å². The molecule has 0 spiro atoms. The highest BCUT2D eigenvalue weighted by atomic mass is 16.5. The summed E-state index contributed by atoms with van der Waals surface area (Å²) in [5.41, 5.74) is 2.49. The minimum Gasteiger partial charge on any atom is -0.477 e. The first kappa shape index (κ1) is 12.5. The standard InChI is InChI=1S/C15H15N3O2/c1-10-6-7-11(8-16-10)18-15(19)14-9-17-12-4-2-3-5-13(12)20-14/h2-8,14,17H,9H2,1H3,(H,18,19). The van der Waals surface area contributed by atoms with Crippen LogP contribution in [0.15, 0.2) is 42.6 Å². The van der Waals surface area contributed by atoms with Crippen molar-refractivity contribution in [2.24, 2.45) is 0 Å². The van der Waals surface area contributed by atoms with Gasteiger partial charge in [0.2, 0.25) is 0 Å². The van der Waals surface area contributed by atoms with Crippen LogP contribution in [-0.2, 0) is 4.79 Å². The molecule has 0 aliphatic carbocycles. The molecule has 0 saturated carbocycles. The number of hydrogen-bond acceptors (Lipinski definition) is 4. The van der Waals surface area contributed by atoms with E-state index in [9.17, 15) is 4.79 Å². The number of nitrogens with zero attached hydrogens (tertiary/aromatic N) is 1. The fourth-order valence-corrected chi connectivity index (χ4v) is 2.02. The SMILES string of the molecule is Cc1ccc(NC(=O)C2CNc3ccccc3O2)cn1. The Bertz CT molecular complexity index is 625. The van der Waals surface area contributed by atoms with Gasteiger partial charge >= 0.3 is 0 Å². The zero-order valence-corrected chi connectivity index (χ0v) is 11.1. The molecule has 0 radical (unpaired) electrons. The fourth-order valence-electron chi connectivity index (χ4n) is 2.02. The number of para-hydroxylation sites is 2. The summed E-state index contributed by atoms with van der Waals surface area (Å²) in [7, 11) is 0. The lowest BCUT2D eigenvalue weighted by Crippen LogP contribution is -2.41. The van der Waals surface area contributed by atoms with Gasteiger partial charge in [0.05, 0.1) is 24.1 Å². The zero-order valence-electron chi connectivity index (χ0n) is 11.1. The second kappa shape index (κ2) is 5.21. The Balaban J connectivity index is 1.68. The van der Waals surface area contributed by atoms with Crippen molar-refractivity contribution in [1.82, 2.24) is 4.98 Å². The number of rotatable bonds is 2. The number of carbonyl (C=O) groups is 1. The Kier molecular flexibility index (Phi) is 3.25. The molecule has 1 unspecified atom stereocenters. The van der Waals surface area contributed by atoms with E-state index < -0.39 is 6.10 Å². The molecular formula is C15H15N3O2. The molecule has 2 heterocycles. The predicted octanol–water partition coefficient (Wildman–Crippen LogP) is 2.20. The lowest BCUT2D eigenvalue weighted by atomic mass is 10.2. The third-order valence-corrected chi connectivity index (χ3v) is 3.11. The van der Waals surface area contributed by atoms with Gasteiger partial charge in [0, 0.05) is 5.69 Å². The Morgan fingerprint density at radius 1 is 1.35 bits per heavy atom. The van der Waals surface area contributed by atoms with Gasteiger partial charge in [-0.25, -0.2) is 0 Å². The molecule has 3 rings (SSSR count).